The normalized spacial score (nSPS) is 31.2. The van der Waals surface area contributed by atoms with Crippen LogP contribution in [0.2, 0.25) is 0 Å². The zero-order valence-electron chi connectivity index (χ0n) is 12.5. The highest BCUT2D eigenvalue weighted by Crippen LogP contribution is 2.34. The van der Waals surface area contributed by atoms with Crippen LogP contribution in [-0.2, 0) is 6.54 Å². The maximum atomic E-state index is 13.3. The van der Waals surface area contributed by atoms with Crippen molar-refractivity contribution < 1.29 is 9.50 Å². The monoisotopic (exact) mass is 292 g/mol. The Morgan fingerprint density at radius 2 is 1.95 bits per heavy atom. The Labute approximate surface area is 126 Å². The van der Waals surface area contributed by atoms with Gasteiger partial charge in [-0.25, -0.2) is 4.39 Å². The lowest BCUT2D eigenvalue weighted by atomic mass is 9.78. The largest absolute Gasteiger partial charge is 0.393 e. The molecule has 2 aliphatic rings. The molecule has 2 fully saturated rings. The SMILES string of the molecule is OC1CCCCC1C1CCCCN1Cc1cncc(F)c1. The lowest BCUT2D eigenvalue weighted by Gasteiger charge is -2.43. The molecular weight excluding hydrogens is 267 g/mol. The Hall–Kier alpha value is -1.00. The Kier molecular flexibility index (Phi) is 4.86. The molecule has 3 nitrogen and oxygen atoms in total. The van der Waals surface area contributed by atoms with Crippen LogP contribution in [0.5, 0.6) is 0 Å². The van der Waals surface area contributed by atoms with E-state index in [2.05, 4.69) is 9.88 Å². The predicted molar refractivity (Wildman–Crippen MR) is 80.2 cm³/mol. The molecule has 1 aliphatic carbocycles. The van der Waals surface area contributed by atoms with Crippen LogP contribution >= 0.6 is 0 Å². The van der Waals surface area contributed by atoms with E-state index in [-0.39, 0.29) is 11.9 Å². The molecule has 1 aromatic heterocycles. The van der Waals surface area contributed by atoms with Crippen molar-refractivity contribution in [2.24, 2.45) is 5.92 Å². The number of pyridine rings is 1. The summed E-state index contributed by atoms with van der Waals surface area (Å²) >= 11 is 0. The Morgan fingerprint density at radius 1 is 1.14 bits per heavy atom. The molecule has 3 unspecified atom stereocenters. The quantitative estimate of drug-likeness (QED) is 0.930. The fraction of sp³-hybridized carbons (Fsp3) is 0.706. The molecule has 4 heteroatoms. The number of aromatic nitrogens is 1. The molecule has 3 atom stereocenters. The number of aliphatic hydroxyl groups is 1. The zero-order chi connectivity index (χ0) is 14.7. The number of piperidine rings is 1. The van der Waals surface area contributed by atoms with Gasteiger partial charge in [-0.2, -0.15) is 0 Å². The number of aliphatic hydroxyl groups excluding tert-OH is 1. The van der Waals surface area contributed by atoms with Crippen molar-refractivity contribution >= 4 is 0 Å². The van der Waals surface area contributed by atoms with Crippen molar-refractivity contribution in [1.82, 2.24) is 9.88 Å². The average molecular weight is 292 g/mol. The van der Waals surface area contributed by atoms with Crippen LogP contribution in [0.3, 0.4) is 0 Å². The van der Waals surface area contributed by atoms with Gasteiger partial charge in [0, 0.05) is 24.7 Å². The standard InChI is InChI=1S/C17H25FN2O/c18-14-9-13(10-19-11-14)12-20-8-4-3-6-16(20)15-5-1-2-7-17(15)21/h9-11,15-17,21H,1-8,12H2. The van der Waals surface area contributed by atoms with Crippen LogP contribution < -0.4 is 0 Å². The first-order valence-corrected chi connectivity index (χ1v) is 8.25. The van der Waals surface area contributed by atoms with Crippen molar-refractivity contribution in [1.29, 1.82) is 0 Å². The van der Waals surface area contributed by atoms with E-state index in [0.717, 1.165) is 44.3 Å². The van der Waals surface area contributed by atoms with Gasteiger partial charge in [-0.05, 0) is 43.9 Å². The first-order chi connectivity index (χ1) is 10.2. The van der Waals surface area contributed by atoms with Crippen molar-refractivity contribution in [3.8, 4) is 0 Å². The van der Waals surface area contributed by atoms with E-state index in [0.29, 0.717) is 12.0 Å². The van der Waals surface area contributed by atoms with E-state index in [9.17, 15) is 9.50 Å². The number of likely N-dealkylation sites (tertiary alicyclic amines) is 1. The molecule has 1 aromatic rings. The van der Waals surface area contributed by atoms with E-state index in [4.69, 9.17) is 0 Å². The van der Waals surface area contributed by atoms with Gasteiger partial charge in [-0.1, -0.05) is 19.3 Å². The summed E-state index contributed by atoms with van der Waals surface area (Å²) in [5.74, 6) is 0.124. The molecule has 1 aliphatic heterocycles. The summed E-state index contributed by atoms with van der Waals surface area (Å²) in [7, 11) is 0. The fourth-order valence-corrected chi connectivity index (χ4v) is 4.06. The molecule has 3 rings (SSSR count). The van der Waals surface area contributed by atoms with Crippen LogP contribution in [0.1, 0.15) is 50.5 Å². The summed E-state index contributed by atoms with van der Waals surface area (Å²) in [6.07, 6.45) is 10.9. The Balaban J connectivity index is 1.71. The lowest BCUT2D eigenvalue weighted by molar-refractivity contribution is -0.00867. The molecule has 0 bridgehead atoms. The number of hydrogen-bond acceptors (Lipinski definition) is 3. The minimum atomic E-state index is -0.265. The molecule has 1 N–H and O–H groups in total. The highest BCUT2D eigenvalue weighted by atomic mass is 19.1. The topological polar surface area (TPSA) is 36.4 Å². The van der Waals surface area contributed by atoms with Gasteiger partial charge >= 0.3 is 0 Å². The van der Waals surface area contributed by atoms with E-state index < -0.39 is 0 Å². The zero-order valence-corrected chi connectivity index (χ0v) is 12.5. The van der Waals surface area contributed by atoms with Crippen LogP contribution in [0.25, 0.3) is 0 Å². The van der Waals surface area contributed by atoms with Gasteiger partial charge in [0.05, 0.1) is 12.3 Å². The molecule has 21 heavy (non-hydrogen) atoms. The second kappa shape index (κ2) is 6.84. The van der Waals surface area contributed by atoms with Crippen LogP contribution in [-0.4, -0.2) is 33.7 Å². The van der Waals surface area contributed by atoms with Gasteiger partial charge in [0.15, 0.2) is 0 Å². The van der Waals surface area contributed by atoms with Gasteiger partial charge in [0.25, 0.3) is 0 Å². The first kappa shape index (κ1) is 14.9. The molecular formula is C17H25FN2O. The third kappa shape index (κ3) is 3.61. The molecule has 0 radical (unpaired) electrons. The van der Waals surface area contributed by atoms with Crippen LogP contribution in [0.15, 0.2) is 18.5 Å². The highest BCUT2D eigenvalue weighted by molar-refractivity contribution is 5.10. The summed E-state index contributed by atoms with van der Waals surface area (Å²) in [5.41, 5.74) is 0.937. The van der Waals surface area contributed by atoms with Crippen molar-refractivity contribution in [2.75, 3.05) is 6.54 Å². The molecule has 1 saturated heterocycles. The van der Waals surface area contributed by atoms with E-state index in [1.807, 2.05) is 0 Å². The molecule has 0 aromatic carbocycles. The minimum Gasteiger partial charge on any atom is -0.393 e. The van der Waals surface area contributed by atoms with Crippen molar-refractivity contribution in [2.45, 2.75) is 63.6 Å². The maximum absolute atomic E-state index is 13.3. The first-order valence-electron chi connectivity index (χ1n) is 8.25. The number of hydrogen-bond donors (Lipinski definition) is 1. The predicted octanol–water partition coefficient (Wildman–Crippen LogP) is 3.13. The number of halogens is 1. The highest BCUT2D eigenvalue weighted by Gasteiger charge is 2.35. The summed E-state index contributed by atoms with van der Waals surface area (Å²) in [6, 6.07) is 2.02. The van der Waals surface area contributed by atoms with Gasteiger partial charge < -0.3 is 5.11 Å². The van der Waals surface area contributed by atoms with E-state index >= 15 is 0 Å². The number of nitrogens with zero attached hydrogens (tertiary/aromatic N) is 2. The van der Waals surface area contributed by atoms with Gasteiger partial charge in [-0.3, -0.25) is 9.88 Å². The smallest absolute Gasteiger partial charge is 0.141 e. The van der Waals surface area contributed by atoms with Crippen molar-refractivity contribution in [3.63, 3.8) is 0 Å². The average Bonchev–Trinajstić information content (AvgIpc) is 2.49. The molecule has 0 amide bonds. The summed E-state index contributed by atoms with van der Waals surface area (Å²) in [5, 5.41) is 10.4. The lowest BCUT2D eigenvalue weighted by Crippen LogP contribution is -2.48. The van der Waals surface area contributed by atoms with Gasteiger partial charge in [-0.15, -0.1) is 0 Å². The fourth-order valence-electron chi connectivity index (χ4n) is 4.06. The molecule has 2 heterocycles. The molecule has 116 valence electrons. The summed E-state index contributed by atoms with van der Waals surface area (Å²) in [4.78, 5) is 6.39. The second-order valence-corrected chi connectivity index (χ2v) is 6.56. The van der Waals surface area contributed by atoms with Crippen molar-refractivity contribution in [3.05, 3.63) is 29.8 Å². The number of rotatable bonds is 3. The molecule has 0 spiro atoms. The van der Waals surface area contributed by atoms with Gasteiger partial charge in [0.2, 0.25) is 0 Å². The Bertz CT molecular complexity index is 468. The summed E-state index contributed by atoms with van der Waals surface area (Å²) in [6.45, 7) is 1.79. The third-order valence-corrected chi connectivity index (χ3v) is 5.09. The Morgan fingerprint density at radius 3 is 2.76 bits per heavy atom. The third-order valence-electron chi connectivity index (χ3n) is 5.09. The van der Waals surface area contributed by atoms with Gasteiger partial charge in [0.1, 0.15) is 5.82 Å². The minimum absolute atomic E-state index is 0.157. The van der Waals surface area contributed by atoms with E-state index in [1.54, 1.807) is 12.3 Å². The summed E-state index contributed by atoms with van der Waals surface area (Å²) < 4.78 is 13.3. The second-order valence-electron chi connectivity index (χ2n) is 6.56. The van der Waals surface area contributed by atoms with Crippen LogP contribution in [0, 0.1) is 11.7 Å². The maximum Gasteiger partial charge on any atom is 0.141 e. The van der Waals surface area contributed by atoms with E-state index in [1.165, 1.54) is 25.5 Å². The molecule has 1 saturated carbocycles. The van der Waals surface area contributed by atoms with Crippen LogP contribution in [0.4, 0.5) is 4.39 Å².